The Labute approximate surface area is 124 Å². The van der Waals surface area contributed by atoms with Gasteiger partial charge in [-0.05, 0) is 51.0 Å². The number of carbonyl (C=O) groups excluding carboxylic acids is 1. The molecule has 0 spiro atoms. The van der Waals surface area contributed by atoms with Crippen LogP contribution in [0.2, 0.25) is 0 Å². The van der Waals surface area contributed by atoms with Crippen molar-refractivity contribution in [1.29, 1.82) is 0 Å². The SMILES string of the molecule is Cc1ccncc1Cn1c(C)cc(C(=O)C(C)Cl)c1C. The highest BCUT2D eigenvalue weighted by Gasteiger charge is 2.19. The third-order valence-electron chi connectivity index (χ3n) is 3.68. The van der Waals surface area contributed by atoms with Gasteiger partial charge in [0.2, 0.25) is 0 Å². The lowest BCUT2D eigenvalue weighted by atomic mass is 10.1. The van der Waals surface area contributed by atoms with E-state index in [0.29, 0.717) is 5.56 Å². The number of pyridine rings is 1. The van der Waals surface area contributed by atoms with Crippen molar-refractivity contribution in [2.75, 3.05) is 0 Å². The van der Waals surface area contributed by atoms with Crippen LogP contribution in [0.4, 0.5) is 0 Å². The Morgan fingerprint density at radius 2 is 2.10 bits per heavy atom. The zero-order valence-corrected chi connectivity index (χ0v) is 13.0. The lowest BCUT2D eigenvalue weighted by Crippen LogP contribution is -2.12. The van der Waals surface area contributed by atoms with Crippen molar-refractivity contribution in [3.05, 3.63) is 52.6 Å². The molecule has 1 unspecified atom stereocenters. The number of hydrogen-bond donors (Lipinski definition) is 0. The van der Waals surface area contributed by atoms with Gasteiger partial charge >= 0.3 is 0 Å². The Kier molecular flexibility index (Phi) is 4.29. The van der Waals surface area contributed by atoms with Crippen molar-refractivity contribution in [3.63, 3.8) is 0 Å². The van der Waals surface area contributed by atoms with Crippen LogP contribution in [0.15, 0.2) is 24.5 Å². The number of ketones is 1. The molecule has 0 radical (unpaired) electrons. The van der Waals surface area contributed by atoms with E-state index < -0.39 is 5.38 Å². The number of carbonyl (C=O) groups is 1. The summed E-state index contributed by atoms with van der Waals surface area (Å²) in [5.41, 5.74) is 5.10. The van der Waals surface area contributed by atoms with Crippen molar-refractivity contribution < 1.29 is 4.79 Å². The smallest absolute Gasteiger partial charge is 0.182 e. The van der Waals surface area contributed by atoms with Crippen molar-refractivity contribution in [2.45, 2.75) is 39.6 Å². The van der Waals surface area contributed by atoms with E-state index in [4.69, 9.17) is 11.6 Å². The van der Waals surface area contributed by atoms with Gasteiger partial charge in [0.05, 0.1) is 5.38 Å². The van der Waals surface area contributed by atoms with E-state index in [2.05, 4.69) is 16.5 Å². The minimum Gasteiger partial charge on any atom is -0.344 e. The molecule has 0 saturated heterocycles. The van der Waals surface area contributed by atoms with Gasteiger partial charge in [0.15, 0.2) is 5.78 Å². The van der Waals surface area contributed by atoms with Crippen LogP contribution in [0.3, 0.4) is 0 Å². The summed E-state index contributed by atoms with van der Waals surface area (Å²) in [5, 5.41) is -0.496. The van der Waals surface area contributed by atoms with E-state index in [0.717, 1.165) is 23.5 Å². The molecule has 0 aliphatic heterocycles. The Hall–Kier alpha value is -1.61. The fraction of sp³-hybridized carbons (Fsp3) is 0.375. The van der Waals surface area contributed by atoms with Crippen LogP contribution in [-0.4, -0.2) is 20.7 Å². The molecule has 0 fully saturated rings. The van der Waals surface area contributed by atoms with E-state index in [1.54, 1.807) is 13.1 Å². The minimum absolute atomic E-state index is 0.0195. The molecule has 2 rings (SSSR count). The minimum atomic E-state index is -0.496. The summed E-state index contributed by atoms with van der Waals surface area (Å²) >= 11 is 5.91. The monoisotopic (exact) mass is 290 g/mol. The van der Waals surface area contributed by atoms with Crippen molar-refractivity contribution in [1.82, 2.24) is 9.55 Å². The summed E-state index contributed by atoms with van der Waals surface area (Å²) in [6.07, 6.45) is 3.66. The first-order chi connectivity index (χ1) is 9.41. The van der Waals surface area contributed by atoms with E-state index in [1.807, 2.05) is 32.2 Å². The van der Waals surface area contributed by atoms with Gasteiger partial charge in [-0.2, -0.15) is 0 Å². The number of Topliss-reactive ketones (excluding diaryl/α,β-unsaturated/α-hetero) is 1. The molecule has 20 heavy (non-hydrogen) atoms. The van der Waals surface area contributed by atoms with E-state index in [1.165, 1.54) is 5.56 Å². The third-order valence-corrected chi connectivity index (χ3v) is 3.87. The van der Waals surface area contributed by atoms with Crippen molar-refractivity contribution in [2.24, 2.45) is 0 Å². The molecular weight excluding hydrogens is 272 g/mol. The largest absolute Gasteiger partial charge is 0.344 e. The van der Waals surface area contributed by atoms with Crippen LogP contribution in [0.1, 0.15) is 39.8 Å². The fourth-order valence-corrected chi connectivity index (χ4v) is 2.46. The highest BCUT2D eigenvalue weighted by atomic mass is 35.5. The second-order valence-corrected chi connectivity index (χ2v) is 5.81. The van der Waals surface area contributed by atoms with Gasteiger partial charge in [-0.1, -0.05) is 0 Å². The number of aryl methyl sites for hydroxylation is 2. The molecule has 106 valence electrons. The first-order valence-corrected chi connectivity index (χ1v) is 7.10. The molecular formula is C16H19ClN2O. The molecule has 0 saturated carbocycles. The maximum Gasteiger partial charge on any atom is 0.182 e. The maximum absolute atomic E-state index is 12.1. The molecule has 0 aliphatic rings. The summed E-state index contributed by atoms with van der Waals surface area (Å²) in [5.74, 6) is -0.0195. The van der Waals surface area contributed by atoms with Gasteiger partial charge < -0.3 is 4.57 Å². The zero-order valence-electron chi connectivity index (χ0n) is 12.3. The van der Waals surface area contributed by atoms with E-state index in [9.17, 15) is 4.79 Å². The maximum atomic E-state index is 12.1. The van der Waals surface area contributed by atoms with Crippen LogP contribution in [0, 0.1) is 20.8 Å². The summed E-state index contributed by atoms with van der Waals surface area (Å²) < 4.78 is 2.14. The third kappa shape index (κ3) is 2.78. The Bertz CT molecular complexity index is 644. The van der Waals surface area contributed by atoms with Crippen LogP contribution < -0.4 is 0 Å². The van der Waals surface area contributed by atoms with Crippen LogP contribution in [0.5, 0.6) is 0 Å². The topological polar surface area (TPSA) is 34.9 Å². The van der Waals surface area contributed by atoms with Gasteiger partial charge in [0.1, 0.15) is 0 Å². The van der Waals surface area contributed by atoms with Crippen LogP contribution >= 0.6 is 11.6 Å². The van der Waals surface area contributed by atoms with Crippen LogP contribution in [0.25, 0.3) is 0 Å². The van der Waals surface area contributed by atoms with E-state index >= 15 is 0 Å². The predicted octanol–water partition coefficient (Wildman–Crippen LogP) is 3.67. The molecule has 3 nitrogen and oxygen atoms in total. The Morgan fingerprint density at radius 1 is 1.40 bits per heavy atom. The number of hydrogen-bond acceptors (Lipinski definition) is 2. The normalized spacial score (nSPS) is 12.4. The quantitative estimate of drug-likeness (QED) is 0.636. The van der Waals surface area contributed by atoms with Gasteiger partial charge in [0, 0.05) is 35.9 Å². The first-order valence-electron chi connectivity index (χ1n) is 6.66. The molecule has 2 aromatic heterocycles. The van der Waals surface area contributed by atoms with Crippen molar-refractivity contribution in [3.8, 4) is 0 Å². The highest BCUT2D eigenvalue weighted by Crippen LogP contribution is 2.20. The number of rotatable bonds is 4. The Balaban J connectivity index is 2.39. The molecule has 2 heterocycles. The highest BCUT2D eigenvalue weighted by molar-refractivity contribution is 6.33. The number of alkyl halides is 1. The van der Waals surface area contributed by atoms with Crippen molar-refractivity contribution >= 4 is 17.4 Å². The van der Waals surface area contributed by atoms with Gasteiger partial charge in [0.25, 0.3) is 0 Å². The number of aromatic nitrogens is 2. The molecule has 0 N–H and O–H groups in total. The first kappa shape index (κ1) is 14.8. The molecule has 0 bridgehead atoms. The molecule has 0 aromatic carbocycles. The van der Waals surface area contributed by atoms with Gasteiger partial charge in [-0.3, -0.25) is 9.78 Å². The van der Waals surface area contributed by atoms with Gasteiger partial charge in [-0.25, -0.2) is 0 Å². The molecule has 0 aliphatic carbocycles. The molecule has 4 heteroatoms. The Morgan fingerprint density at radius 3 is 2.70 bits per heavy atom. The molecule has 0 amide bonds. The van der Waals surface area contributed by atoms with Gasteiger partial charge in [-0.15, -0.1) is 11.6 Å². The average Bonchev–Trinajstić information content (AvgIpc) is 2.68. The summed E-state index contributed by atoms with van der Waals surface area (Å²) in [6, 6.07) is 3.92. The lowest BCUT2D eigenvalue weighted by molar-refractivity contribution is 0.0991. The fourth-order valence-electron chi connectivity index (χ4n) is 2.34. The summed E-state index contributed by atoms with van der Waals surface area (Å²) in [7, 11) is 0. The van der Waals surface area contributed by atoms with Crippen LogP contribution in [-0.2, 0) is 6.54 Å². The second kappa shape index (κ2) is 5.80. The van der Waals surface area contributed by atoms with E-state index in [-0.39, 0.29) is 5.78 Å². The summed E-state index contributed by atoms with van der Waals surface area (Å²) in [6.45, 7) is 8.47. The molecule has 2 aromatic rings. The average molecular weight is 291 g/mol. The number of nitrogens with zero attached hydrogens (tertiary/aromatic N) is 2. The zero-order chi connectivity index (χ0) is 14.9. The standard InChI is InChI=1S/C16H19ClN2O/c1-10-5-6-18-8-14(10)9-19-11(2)7-15(13(19)4)16(20)12(3)17/h5-8,12H,9H2,1-4H3. The second-order valence-electron chi connectivity index (χ2n) is 5.15. The summed E-state index contributed by atoms with van der Waals surface area (Å²) in [4.78, 5) is 16.3. The molecule has 1 atom stereocenters. The predicted molar refractivity (Wildman–Crippen MR) is 81.6 cm³/mol. The number of halogens is 1. The lowest BCUT2D eigenvalue weighted by Gasteiger charge is -2.11.